The number of aromatic amines is 1. The number of H-pyrrole nitrogens is 1. The van der Waals surface area contributed by atoms with Crippen molar-refractivity contribution in [2.24, 2.45) is 0 Å². The molecular weight excluding hydrogens is 394 g/mol. The molecule has 1 N–H and O–H groups in total. The third kappa shape index (κ3) is 3.49. The van der Waals surface area contributed by atoms with Crippen LogP contribution in [0.3, 0.4) is 0 Å². The Morgan fingerprint density at radius 2 is 1.43 bits per heavy atom. The number of rotatable bonds is 4. The number of nitrogens with one attached hydrogen (secondary N) is 1. The van der Waals surface area contributed by atoms with Gasteiger partial charge in [0.1, 0.15) is 0 Å². The highest BCUT2D eigenvalue weighted by molar-refractivity contribution is 7.89. The van der Waals surface area contributed by atoms with Crippen molar-refractivity contribution in [2.45, 2.75) is 4.90 Å². The Morgan fingerprint density at radius 1 is 0.733 bits per heavy atom. The number of hydrogen-bond acceptors (Lipinski definition) is 3. The zero-order valence-corrected chi connectivity index (χ0v) is 17.3. The quantitative estimate of drug-likeness (QED) is 0.537. The van der Waals surface area contributed by atoms with Gasteiger partial charge in [-0.3, -0.25) is 0 Å². The fourth-order valence-corrected chi connectivity index (χ4v) is 5.45. The molecule has 4 aromatic rings. The summed E-state index contributed by atoms with van der Waals surface area (Å²) in [6.45, 7) is 2.32. The summed E-state index contributed by atoms with van der Waals surface area (Å²) in [5, 5.41) is 1.17. The number of piperazine rings is 1. The summed E-state index contributed by atoms with van der Waals surface area (Å²) in [6.07, 6.45) is 1.93. The molecule has 152 valence electrons. The lowest BCUT2D eigenvalue weighted by molar-refractivity contribution is 0.385. The first-order valence-electron chi connectivity index (χ1n) is 10.1. The molecule has 1 aromatic heterocycles. The van der Waals surface area contributed by atoms with Gasteiger partial charge in [-0.25, -0.2) is 8.42 Å². The molecule has 3 aromatic carbocycles. The second-order valence-electron chi connectivity index (χ2n) is 7.53. The molecule has 0 amide bonds. The van der Waals surface area contributed by atoms with Crippen LogP contribution in [0, 0.1) is 0 Å². The molecule has 0 saturated carbocycles. The second kappa shape index (κ2) is 7.63. The fourth-order valence-electron chi connectivity index (χ4n) is 4.02. The molecule has 2 heterocycles. The lowest BCUT2D eigenvalue weighted by Crippen LogP contribution is -2.48. The standard InChI is InChI=1S/C24H23N3O2S/c28-30(29,23-9-6-20(7-10-23)19-4-2-1-3-5-19)27-16-14-26(15-17-27)22-8-11-24-21(18-22)12-13-25-24/h1-13,18,25H,14-17H2. The Balaban J connectivity index is 1.30. The molecule has 0 atom stereocenters. The number of anilines is 1. The Hall–Kier alpha value is -3.09. The molecule has 1 aliphatic rings. The van der Waals surface area contributed by atoms with Crippen LogP contribution in [-0.4, -0.2) is 43.9 Å². The van der Waals surface area contributed by atoms with Crippen molar-refractivity contribution in [3.63, 3.8) is 0 Å². The number of benzene rings is 3. The van der Waals surface area contributed by atoms with Crippen molar-refractivity contribution in [1.29, 1.82) is 0 Å². The summed E-state index contributed by atoms with van der Waals surface area (Å²) >= 11 is 0. The summed E-state index contributed by atoms with van der Waals surface area (Å²) in [5.74, 6) is 0. The Morgan fingerprint density at radius 3 is 2.17 bits per heavy atom. The van der Waals surface area contributed by atoms with E-state index in [0.29, 0.717) is 31.1 Å². The van der Waals surface area contributed by atoms with E-state index in [0.717, 1.165) is 22.3 Å². The maximum Gasteiger partial charge on any atom is 0.243 e. The molecule has 0 radical (unpaired) electrons. The summed E-state index contributed by atoms with van der Waals surface area (Å²) in [5.41, 5.74) is 4.33. The highest BCUT2D eigenvalue weighted by Gasteiger charge is 2.28. The molecule has 1 saturated heterocycles. The van der Waals surface area contributed by atoms with Gasteiger partial charge in [0.15, 0.2) is 0 Å². The molecule has 5 nitrogen and oxygen atoms in total. The fraction of sp³-hybridized carbons (Fsp3) is 0.167. The van der Waals surface area contributed by atoms with Gasteiger partial charge in [-0.05, 0) is 47.5 Å². The van der Waals surface area contributed by atoms with Crippen LogP contribution in [-0.2, 0) is 10.0 Å². The minimum Gasteiger partial charge on any atom is -0.369 e. The number of aromatic nitrogens is 1. The average molecular weight is 418 g/mol. The zero-order valence-electron chi connectivity index (χ0n) is 16.5. The van der Waals surface area contributed by atoms with Crippen LogP contribution in [0.1, 0.15) is 0 Å². The molecule has 0 bridgehead atoms. The highest BCUT2D eigenvalue weighted by Crippen LogP contribution is 2.26. The van der Waals surface area contributed by atoms with E-state index < -0.39 is 10.0 Å². The molecule has 0 aliphatic carbocycles. The number of sulfonamides is 1. The van der Waals surface area contributed by atoms with Gasteiger partial charge < -0.3 is 9.88 Å². The van der Waals surface area contributed by atoms with Crippen molar-refractivity contribution in [2.75, 3.05) is 31.1 Å². The predicted molar refractivity (Wildman–Crippen MR) is 121 cm³/mol. The summed E-state index contributed by atoms with van der Waals surface area (Å²) in [6, 6.07) is 25.5. The summed E-state index contributed by atoms with van der Waals surface area (Å²) < 4.78 is 27.8. The average Bonchev–Trinajstić information content (AvgIpc) is 3.28. The van der Waals surface area contributed by atoms with Gasteiger partial charge in [-0.15, -0.1) is 0 Å². The van der Waals surface area contributed by atoms with Crippen LogP contribution in [0.2, 0.25) is 0 Å². The largest absolute Gasteiger partial charge is 0.369 e. The number of fused-ring (bicyclic) bond motifs is 1. The van der Waals surface area contributed by atoms with Gasteiger partial charge >= 0.3 is 0 Å². The van der Waals surface area contributed by atoms with Gasteiger partial charge in [0.25, 0.3) is 0 Å². The van der Waals surface area contributed by atoms with E-state index in [2.05, 4.69) is 34.1 Å². The van der Waals surface area contributed by atoms with Crippen LogP contribution >= 0.6 is 0 Å². The van der Waals surface area contributed by atoms with Gasteiger partial charge in [0.05, 0.1) is 4.90 Å². The molecule has 1 aliphatic heterocycles. The summed E-state index contributed by atoms with van der Waals surface area (Å²) in [4.78, 5) is 5.80. The molecule has 6 heteroatoms. The number of nitrogens with zero attached hydrogens (tertiary/aromatic N) is 2. The number of hydrogen-bond donors (Lipinski definition) is 1. The summed E-state index contributed by atoms with van der Waals surface area (Å²) in [7, 11) is -3.49. The molecule has 1 fully saturated rings. The van der Waals surface area contributed by atoms with E-state index in [1.54, 1.807) is 16.4 Å². The van der Waals surface area contributed by atoms with Gasteiger partial charge in [0.2, 0.25) is 10.0 Å². The minimum atomic E-state index is -3.49. The Bertz CT molecular complexity index is 1260. The molecule has 0 unspecified atom stereocenters. The van der Waals surface area contributed by atoms with Crippen LogP contribution in [0.5, 0.6) is 0 Å². The van der Waals surface area contributed by atoms with E-state index in [-0.39, 0.29) is 0 Å². The monoisotopic (exact) mass is 417 g/mol. The highest BCUT2D eigenvalue weighted by atomic mass is 32.2. The van der Waals surface area contributed by atoms with E-state index in [1.807, 2.05) is 48.7 Å². The van der Waals surface area contributed by atoms with Gasteiger partial charge in [-0.2, -0.15) is 4.31 Å². The second-order valence-corrected chi connectivity index (χ2v) is 9.47. The molecule has 5 rings (SSSR count). The maximum atomic E-state index is 13.1. The Labute approximate surface area is 176 Å². The minimum absolute atomic E-state index is 0.351. The lowest BCUT2D eigenvalue weighted by Gasteiger charge is -2.35. The van der Waals surface area contributed by atoms with Crippen molar-refractivity contribution in [3.8, 4) is 11.1 Å². The topological polar surface area (TPSA) is 56.4 Å². The van der Waals surface area contributed by atoms with Crippen LogP contribution < -0.4 is 4.90 Å². The van der Waals surface area contributed by atoms with Crippen LogP contribution in [0.4, 0.5) is 5.69 Å². The third-order valence-corrected chi connectivity index (χ3v) is 7.65. The SMILES string of the molecule is O=S(=O)(c1ccc(-c2ccccc2)cc1)N1CCN(c2ccc3[nH]ccc3c2)CC1. The smallest absolute Gasteiger partial charge is 0.243 e. The molecular formula is C24H23N3O2S. The van der Waals surface area contributed by atoms with Crippen LogP contribution in [0.15, 0.2) is 90.0 Å². The predicted octanol–water partition coefficient (Wildman–Crippen LogP) is 4.35. The first-order chi connectivity index (χ1) is 14.6. The van der Waals surface area contributed by atoms with E-state index >= 15 is 0 Å². The van der Waals surface area contributed by atoms with Gasteiger partial charge in [-0.1, -0.05) is 42.5 Å². The van der Waals surface area contributed by atoms with Crippen molar-refractivity contribution in [1.82, 2.24) is 9.29 Å². The Kier molecular flexibility index (Phi) is 4.81. The van der Waals surface area contributed by atoms with Crippen molar-refractivity contribution < 1.29 is 8.42 Å². The normalized spacial score (nSPS) is 15.5. The molecule has 0 spiro atoms. The van der Waals surface area contributed by atoms with E-state index in [4.69, 9.17) is 0 Å². The van der Waals surface area contributed by atoms with E-state index in [9.17, 15) is 8.42 Å². The zero-order chi connectivity index (χ0) is 20.6. The molecule has 30 heavy (non-hydrogen) atoms. The maximum absolute atomic E-state index is 13.1. The third-order valence-electron chi connectivity index (χ3n) is 5.74. The first-order valence-corrected chi connectivity index (χ1v) is 11.5. The lowest BCUT2D eigenvalue weighted by atomic mass is 10.1. The van der Waals surface area contributed by atoms with Crippen LogP contribution in [0.25, 0.3) is 22.0 Å². The first kappa shape index (κ1) is 18.9. The van der Waals surface area contributed by atoms with Gasteiger partial charge in [0, 0.05) is 49.0 Å². The van der Waals surface area contributed by atoms with E-state index in [1.165, 1.54) is 5.39 Å². The van der Waals surface area contributed by atoms with Crippen molar-refractivity contribution in [3.05, 3.63) is 85.1 Å². The van der Waals surface area contributed by atoms with Crippen molar-refractivity contribution >= 4 is 26.6 Å².